The van der Waals surface area contributed by atoms with Gasteiger partial charge in [0.25, 0.3) is 0 Å². The van der Waals surface area contributed by atoms with Crippen LogP contribution < -0.4 is 5.32 Å². The van der Waals surface area contributed by atoms with Crippen LogP contribution in [0, 0.1) is 0 Å². The van der Waals surface area contributed by atoms with E-state index in [-0.39, 0.29) is 6.03 Å². The minimum Gasteiger partial charge on any atom is -0.319 e. The second kappa shape index (κ2) is 7.48. The SMILES string of the molecule is CCCCc1ccc(NC(=O)N2[C@@H](C)CCC[C@@H]2C)cc1. The zero-order valence-electron chi connectivity index (χ0n) is 13.6. The van der Waals surface area contributed by atoms with Gasteiger partial charge in [0.2, 0.25) is 0 Å². The van der Waals surface area contributed by atoms with Crippen LogP contribution >= 0.6 is 0 Å². The number of likely N-dealkylation sites (tertiary alicyclic amines) is 1. The summed E-state index contributed by atoms with van der Waals surface area (Å²) in [7, 11) is 0. The van der Waals surface area contributed by atoms with Crippen molar-refractivity contribution in [2.24, 2.45) is 0 Å². The molecule has 0 saturated carbocycles. The van der Waals surface area contributed by atoms with E-state index in [1.54, 1.807) is 0 Å². The molecule has 1 aliphatic rings. The zero-order chi connectivity index (χ0) is 15.2. The molecular formula is C18H28N2O. The van der Waals surface area contributed by atoms with Crippen LogP contribution in [0.1, 0.15) is 58.4 Å². The van der Waals surface area contributed by atoms with Gasteiger partial charge in [-0.15, -0.1) is 0 Å². The van der Waals surface area contributed by atoms with Gasteiger partial charge in [0.1, 0.15) is 0 Å². The molecule has 1 aromatic rings. The van der Waals surface area contributed by atoms with Gasteiger partial charge in [-0.05, 0) is 63.6 Å². The van der Waals surface area contributed by atoms with E-state index in [4.69, 9.17) is 0 Å². The summed E-state index contributed by atoms with van der Waals surface area (Å²) in [6.45, 7) is 6.49. The Hall–Kier alpha value is -1.51. The molecule has 1 heterocycles. The summed E-state index contributed by atoms with van der Waals surface area (Å²) in [4.78, 5) is 14.5. The van der Waals surface area contributed by atoms with Crippen LogP contribution in [0.3, 0.4) is 0 Å². The van der Waals surface area contributed by atoms with E-state index >= 15 is 0 Å². The number of nitrogens with zero attached hydrogens (tertiary/aromatic N) is 1. The smallest absolute Gasteiger partial charge is 0.319 e. The van der Waals surface area contributed by atoms with Gasteiger partial charge in [0.15, 0.2) is 0 Å². The van der Waals surface area contributed by atoms with Crippen molar-refractivity contribution in [2.75, 3.05) is 5.32 Å². The van der Waals surface area contributed by atoms with Crippen LogP contribution in [0.15, 0.2) is 24.3 Å². The fourth-order valence-corrected chi connectivity index (χ4v) is 3.15. The van der Waals surface area contributed by atoms with Crippen LogP contribution in [-0.4, -0.2) is 23.0 Å². The Labute approximate surface area is 128 Å². The summed E-state index contributed by atoms with van der Waals surface area (Å²) in [5, 5.41) is 3.04. The van der Waals surface area contributed by atoms with Crippen LogP contribution in [0.5, 0.6) is 0 Å². The Kier molecular flexibility index (Phi) is 5.66. The summed E-state index contributed by atoms with van der Waals surface area (Å²) < 4.78 is 0. The van der Waals surface area contributed by atoms with Gasteiger partial charge >= 0.3 is 6.03 Å². The van der Waals surface area contributed by atoms with E-state index in [1.807, 2.05) is 17.0 Å². The summed E-state index contributed by atoms with van der Waals surface area (Å²) in [5.74, 6) is 0. The summed E-state index contributed by atoms with van der Waals surface area (Å²) in [6.07, 6.45) is 6.97. The van der Waals surface area contributed by atoms with E-state index in [9.17, 15) is 4.79 Å². The lowest BCUT2D eigenvalue weighted by atomic mass is 9.98. The van der Waals surface area contributed by atoms with E-state index < -0.39 is 0 Å². The first kappa shape index (κ1) is 15.9. The number of hydrogen-bond donors (Lipinski definition) is 1. The molecule has 21 heavy (non-hydrogen) atoms. The highest BCUT2D eigenvalue weighted by Crippen LogP contribution is 2.23. The lowest BCUT2D eigenvalue weighted by Gasteiger charge is -2.38. The van der Waals surface area contributed by atoms with E-state index in [1.165, 1.54) is 24.8 Å². The van der Waals surface area contributed by atoms with Crippen LogP contribution in [0.2, 0.25) is 0 Å². The molecule has 2 rings (SSSR count). The van der Waals surface area contributed by atoms with Crippen molar-refractivity contribution in [3.8, 4) is 0 Å². The van der Waals surface area contributed by atoms with Crippen molar-refractivity contribution in [2.45, 2.75) is 71.4 Å². The number of benzene rings is 1. The molecule has 1 aromatic carbocycles. The number of hydrogen-bond acceptors (Lipinski definition) is 1. The van der Waals surface area contributed by atoms with E-state index in [0.717, 1.165) is 24.9 Å². The molecule has 1 aliphatic heterocycles. The number of nitrogens with one attached hydrogen (secondary N) is 1. The molecule has 0 bridgehead atoms. The first-order chi connectivity index (χ1) is 10.1. The van der Waals surface area contributed by atoms with Crippen molar-refractivity contribution in [3.05, 3.63) is 29.8 Å². The van der Waals surface area contributed by atoms with Gasteiger partial charge in [0, 0.05) is 17.8 Å². The number of anilines is 1. The highest BCUT2D eigenvalue weighted by molar-refractivity contribution is 5.89. The van der Waals surface area contributed by atoms with E-state index in [2.05, 4.69) is 38.2 Å². The average Bonchev–Trinajstić information content (AvgIpc) is 2.46. The Morgan fingerprint density at radius 2 is 1.81 bits per heavy atom. The number of carbonyl (C=O) groups excluding carboxylic acids is 1. The third kappa shape index (κ3) is 4.23. The predicted octanol–water partition coefficient (Wildman–Crippen LogP) is 4.82. The Morgan fingerprint density at radius 3 is 2.38 bits per heavy atom. The molecule has 3 heteroatoms. The second-order valence-corrected chi connectivity index (χ2v) is 6.27. The lowest BCUT2D eigenvalue weighted by molar-refractivity contribution is 0.133. The molecule has 1 fully saturated rings. The molecule has 2 amide bonds. The number of amides is 2. The molecule has 1 saturated heterocycles. The van der Waals surface area contributed by atoms with Gasteiger partial charge in [-0.1, -0.05) is 25.5 Å². The monoisotopic (exact) mass is 288 g/mol. The predicted molar refractivity (Wildman–Crippen MR) is 88.7 cm³/mol. The van der Waals surface area contributed by atoms with Crippen molar-refractivity contribution >= 4 is 11.7 Å². The first-order valence-corrected chi connectivity index (χ1v) is 8.30. The molecule has 1 N–H and O–H groups in total. The molecule has 3 nitrogen and oxygen atoms in total. The summed E-state index contributed by atoms with van der Waals surface area (Å²) >= 11 is 0. The highest BCUT2D eigenvalue weighted by atomic mass is 16.2. The summed E-state index contributed by atoms with van der Waals surface area (Å²) in [5.41, 5.74) is 2.24. The standard InChI is InChI=1S/C18H28N2O/c1-4-5-9-16-10-12-17(13-11-16)19-18(21)20-14(2)7-6-8-15(20)3/h10-15H,4-9H2,1-3H3,(H,19,21)/t14-,15-/m0/s1. The maximum Gasteiger partial charge on any atom is 0.322 e. The molecule has 0 aromatic heterocycles. The maximum absolute atomic E-state index is 12.5. The lowest BCUT2D eigenvalue weighted by Crippen LogP contribution is -2.49. The van der Waals surface area contributed by atoms with Crippen LogP contribution in [-0.2, 0) is 6.42 Å². The Balaban J connectivity index is 1.95. The largest absolute Gasteiger partial charge is 0.322 e. The normalized spacial score (nSPS) is 22.1. The van der Waals surface area contributed by atoms with Gasteiger partial charge in [-0.3, -0.25) is 0 Å². The average molecular weight is 288 g/mol. The third-order valence-corrected chi connectivity index (χ3v) is 4.45. The Bertz CT molecular complexity index is 445. The maximum atomic E-state index is 12.5. The minimum absolute atomic E-state index is 0.0380. The molecular weight excluding hydrogens is 260 g/mol. The number of rotatable bonds is 4. The summed E-state index contributed by atoms with van der Waals surface area (Å²) in [6, 6.07) is 8.97. The number of unbranched alkanes of at least 4 members (excludes halogenated alkanes) is 1. The number of aryl methyl sites for hydroxylation is 1. The first-order valence-electron chi connectivity index (χ1n) is 8.30. The van der Waals surface area contributed by atoms with Gasteiger partial charge in [0.05, 0.1) is 0 Å². The number of piperidine rings is 1. The fourth-order valence-electron chi connectivity index (χ4n) is 3.15. The molecule has 0 unspecified atom stereocenters. The zero-order valence-corrected chi connectivity index (χ0v) is 13.6. The van der Waals surface area contributed by atoms with Gasteiger partial charge in [-0.2, -0.15) is 0 Å². The third-order valence-electron chi connectivity index (χ3n) is 4.45. The van der Waals surface area contributed by atoms with Gasteiger partial charge < -0.3 is 10.2 Å². The van der Waals surface area contributed by atoms with Crippen molar-refractivity contribution in [1.29, 1.82) is 0 Å². The second-order valence-electron chi connectivity index (χ2n) is 6.27. The highest BCUT2D eigenvalue weighted by Gasteiger charge is 2.28. The molecule has 116 valence electrons. The quantitative estimate of drug-likeness (QED) is 0.846. The van der Waals surface area contributed by atoms with Crippen LogP contribution in [0.25, 0.3) is 0 Å². The minimum atomic E-state index is 0.0380. The topological polar surface area (TPSA) is 32.3 Å². The molecule has 0 radical (unpaired) electrons. The number of carbonyl (C=O) groups is 1. The molecule has 2 atom stereocenters. The van der Waals surface area contributed by atoms with E-state index in [0.29, 0.717) is 12.1 Å². The van der Waals surface area contributed by atoms with Crippen molar-refractivity contribution in [1.82, 2.24) is 4.90 Å². The fraction of sp³-hybridized carbons (Fsp3) is 0.611. The Morgan fingerprint density at radius 1 is 1.19 bits per heavy atom. The van der Waals surface area contributed by atoms with Gasteiger partial charge in [-0.25, -0.2) is 4.79 Å². The van der Waals surface area contributed by atoms with Crippen molar-refractivity contribution < 1.29 is 4.79 Å². The van der Waals surface area contributed by atoms with Crippen LogP contribution in [0.4, 0.5) is 10.5 Å². The molecule has 0 spiro atoms. The van der Waals surface area contributed by atoms with Crippen molar-refractivity contribution in [3.63, 3.8) is 0 Å². The molecule has 0 aliphatic carbocycles. The number of urea groups is 1.